The molecule has 108 valence electrons. The lowest BCUT2D eigenvalue weighted by atomic mass is 10.2. The Morgan fingerprint density at radius 1 is 1.20 bits per heavy atom. The van der Waals surface area contributed by atoms with Crippen molar-refractivity contribution in [2.45, 2.75) is 13.2 Å². The predicted octanol–water partition coefficient (Wildman–Crippen LogP) is 0.419. The van der Waals surface area contributed by atoms with Gasteiger partial charge in [0.05, 0.1) is 25.3 Å². The van der Waals surface area contributed by atoms with Gasteiger partial charge in [0.15, 0.2) is 5.58 Å². The Bertz CT molecular complexity index is 640. The third kappa shape index (κ3) is 2.63. The zero-order valence-corrected chi connectivity index (χ0v) is 11.2. The summed E-state index contributed by atoms with van der Waals surface area (Å²) in [7, 11) is 0. The Balaban J connectivity index is 1.82. The van der Waals surface area contributed by atoms with Crippen molar-refractivity contribution >= 4 is 11.1 Å². The fraction of sp³-hybridized carbons (Fsp3) is 0.500. The maximum absolute atomic E-state index is 11.9. The Labute approximate surface area is 116 Å². The summed E-state index contributed by atoms with van der Waals surface area (Å²) >= 11 is 0. The molecule has 0 bridgehead atoms. The number of ether oxygens (including phenoxy) is 1. The molecule has 1 aromatic heterocycles. The van der Waals surface area contributed by atoms with Gasteiger partial charge >= 0.3 is 5.76 Å². The van der Waals surface area contributed by atoms with E-state index in [9.17, 15) is 9.90 Å². The number of benzene rings is 1. The molecule has 1 aromatic carbocycles. The number of nitrogens with zero attached hydrogens (tertiary/aromatic N) is 2. The summed E-state index contributed by atoms with van der Waals surface area (Å²) < 4.78 is 12.2. The SMILES string of the molecule is O=c1oc2ccc(CO)cc2n1CCN1CCOCC1. The topological polar surface area (TPSA) is 67.8 Å². The summed E-state index contributed by atoms with van der Waals surface area (Å²) in [6.07, 6.45) is 0. The molecule has 1 saturated heterocycles. The van der Waals surface area contributed by atoms with Gasteiger partial charge in [-0.3, -0.25) is 9.47 Å². The molecule has 2 heterocycles. The maximum Gasteiger partial charge on any atom is 0.419 e. The van der Waals surface area contributed by atoms with E-state index in [1.807, 2.05) is 0 Å². The van der Waals surface area contributed by atoms with Crippen LogP contribution in [0.2, 0.25) is 0 Å². The van der Waals surface area contributed by atoms with Crippen LogP contribution >= 0.6 is 0 Å². The molecule has 0 saturated carbocycles. The van der Waals surface area contributed by atoms with Gasteiger partial charge in [-0.05, 0) is 17.7 Å². The summed E-state index contributed by atoms with van der Waals surface area (Å²) in [4.78, 5) is 14.2. The summed E-state index contributed by atoms with van der Waals surface area (Å²) in [5.74, 6) is -0.344. The quantitative estimate of drug-likeness (QED) is 0.878. The number of oxazole rings is 1. The van der Waals surface area contributed by atoms with E-state index in [-0.39, 0.29) is 12.4 Å². The second-order valence-corrected chi connectivity index (χ2v) is 4.93. The van der Waals surface area contributed by atoms with Crippen LogP contribution in [0.5, 0.6) is 0 Å². The van der Waals surface area contributed by atoms with Crippen LogP contribution in [0.3, 0.4) is 0 Å². The van der Waals surface area contributed by atoms with Crippen molar-refractivity contribution in [3.63, 3.8) is 0 Å². The molecule has 2 aromatic rings. The zero-order valence-electron chi connectivity index (χ0n) is 11.2. The first-order chi connectivity index (χ1) is 9.78. The fourth-order valence-corrected chi connectivity index (χ4v) is 2.48. The first-order valence-corrected chi connectivity index (χ1v) is 6.81. The van der Waals surface area contributed by atoms with E-state index in [4.69, 9.17) is 9.15 Å². The number of aliphatic hydroxyl groups excluding tert-OH is 1. The van der Waals surface area contributed by atoms with Gasteiger partial charge in [0.1, 0.15) is 0 Å². The number of morpholine rings is 1. The lowest BCUT2D eigenvalue weighted by Crippen LogP contribution is -2.38. The van der Waals surface area contributed by atoms with E-state index in [1.54, 1.807) is 22.8 Å². The van der Waals surface area contributed by atoms with Gasteiger partial charge in [0.25, 0.3) is 0 Å². The monoisotopic (exact) mass is 278 g/mol. The highest BCUT2D eigenvalue weighted by atomic mass is 16.5. The summed E-state index contributed by atoms with van der Waals surface area (Å²) in [6.45, 7) is 4.62. The van der Waals surface area contributed by atoms with Crippen molar-refractivity contribution in [2.24, 2.45) is 0 Å². The van der Waals surface area contributed by atoms with E-state index in [2.05, 4.69) is 4.90 Å². The lowest BCUT2D eigenvalue weighted by molar-refractivity contribution is 0.0363. The van der Waals surface area contributed by atoms with Gasteiger partial charge in [-0.15, -0.1) is 0 Å². The minimum atomic E-state index is -0.344. The van der Waals surface area contributed by atoms with Crippen LogP contribution in [-0.4, -0.2) is 47.4 Å². The van der Waals surface area contributed by atoms with Crippen molar-refractivity contribution in [3.05, 3.63) is 34.3 Å². The second-order valence-electron chi connectivity index (χ2n) is 4.93. The Hall–Kier alpha value is -1.63. The second kappa shape index (κ2) is 5.78. The fourth-order valence-electron chi connectivity index (χ4n) is 2.48. The van der Waals surface area contributed by atoms with Crippen LogP contribution in [0, 0.1) is 0 Å². The number of rotatable bonds is 4. The van der Waals surface area contributed by atoms with Crippen LogP contribution in [0.1, 0.15) is 5.56 Å². The van der Waals surface area contributed by atoms with E-state index >= 15 is 0 Å². The number of hydrogen-bond acceptors (Lipinski definition) is 5. The molecule has 0 radical (unpaired) electrons. The molecule has 0 aliphatic carbocycles. The van der Waals surface area contributed by atoms with Crippen LogP contribution < -0.4 is 5.76 Å². The molecule has 6 heteroatoms. The highest BCUT2D eigenvalue weighted by molar-refractivity contribution is 5.73. The van der Waals surface area contributed by atoms with Gasteiger partial charge < -0.3 is 14.3 Å². The summed E-state index contributed by atoms with van der Waals surface area (Å²) in [6, 6.07) is 5.30. The van der Waals surface area contributed by atoms with Gasteiger partial charge in [0, 0.05) is 26.2 Å². The summed E-state index contributed by atoms with van der Waals surface area (Å²) in [5.41, 5.74) is 2.09. The van der Waals surface area contributed by atoms with Gasteiger partial charge in [-0.2, -0.15) is 0 Å². The van der Waals surface area contributed by atoms with Gasteiger partial charge in [-0.1, -0.05) is 6.07 Å². The van der Waals surface area contributed by atoms with E-state index in [0.717, 1.165) is 43.9 Å². The van der Waals surface area contributed by atoms with E-state index in [0.29, 0.717) is 12.1 Å². The zero-order chi connectivity index (χ0) is 13.9. The van der Waals surface area contributed by atoms with E-state index < -0.39 is 0 Å². The molecular formula is C14H18N2O4. The smallest absolute Gasteiger partial charge is 0.408 e. The lowest BCUT2D eigenvalue weighted by Gasteiger charge is -2.26. The minimum absolute atomic E-state index is 0.0429. The Morgan fingerprint density at radius 2 is 2.00 bits per heavy atom. The van der Waals surface area contributed by atoms with Gasteiger partial charge in [-0.25, -0.2) is 4.79 Å². The molecule has 1 N–H and O–H groups in total. The van der Waals surface area contributed by atoms with Crippen LogP contribution in [0.4, 0.5) is 0 Å². The highest BCUT2D eigenvalue weighted by Gasteiger charge is 2.13. The Morgan fingerprint density at radius 3 is 2.75 bits per heavy atom. The number of fused-ring (bicyclic) bond motifs is 1. The largest absolute Gasteiger partial charge is 0.419 e. The average Bonchev–Trinajstić information content (AvgIpc) is 2.80. The molecule has 0 atom stereocenters. The average molecular weight is 278 g/mol. The minimum Gasteiger partial charge on any atom is -0.408 e. The van der Waals surface area contributed by atoms with Gasteiger partial charge in [0.2, 0.25) is 0 Å². The van der Waals surface area contributed by atoms with Crippen molar-refractivity contribution in [1.29, 1.82) is 0 Å². The molecule has 20 heavy (non-hydrogen) atoms. The Kier molecular flexibility index (Phi) is 3.86. The molecule has 1 fully saturated rings. The molecule has 0 amide bonds. The number of aromatic nitrogens is 1. The van der Waals surface area contributed by atoms with Crippen LogP contribution in [-0.2, 0) is 17.9 Å². The molecular weight excluding hydrogens is 260 g/mol. The maximum atomic E-state index is 11.9. The predicted molar refractivity (Wildman–Crippen MR) is 73.7 cm³/mol. The normalized spacial score (nSPS) is 16.9. The van der Waals surface area contributed by atoms with Crippen LogP contribution in [0.15, 0.2) is 27.4 Å². The van der Waals surface area contributed by atoms with E-state index in [1.165, 1.54) is 0 Å². The van der Waals surface area contributed by atoms with Crippen LogP contribution in [0.25, 0.3) is 11.1 Å². The first-order valence-electron chi connectivity index (χ1n) is 6.81. The molecule has 0 unspecified atom stereocenters. The van der Waals surface area contributed by atoms with Crippen molar-refractivity contribution < 1.29 is 14.3 Å². The molecule has 1 aliphatic heterocycles. The molecule has 1 aliphatic rings. The number of aliphatic hydroxyl groups is 1. The van der Waals surface area contributed by atoms with Crippen molar-refractivity contribution in [3.8, 4) is 0 Å². The van der Waals surface area contributed by atoms with Crippen molar-refractivity contribution in [1.82, 2.24) is 9.47 Å². The third-order valence-corrected chi connectivity index (χ3v) is 3.66. The standard InChI is InChI=1S/C14H18N2O4/c17-10-11-1-2-13-12(9-11)16(14(18)20-13)4-3-15-5-7-19-8-6-15/h1-2,9,17H,3-8,10H2. The third-order valence-electron chi connectivity index (χ3n) is 3.66. The summed E-state index contributed by atoms with van der Waals surface area (Å²) in [5, 5.41) is 9.19. The molecule has 6 nitrogen and oxygen atoms in total. The molecule has 0 spiro atoms. The van der Waals surface area contributed by atoms with Crippen molar-refractivity contribution in [2.75, 3.05) is 32.8 Å². The molecule has 3 rings (SSSR count). The highest BCUT2D eigenvalue weighted by Crippen LogP contribution is 2.15. The number of hydrogen-bond donors (Lipinski definition) is 1. The first kappa shape index (κ1) is 13.4.